The van der Waals surface area contributed by atoms with Crippen LogP contribution in [0.25, 0.3) is 0 Å². The number of hydrogen-bond acceptors (Lipinski definition) is 3. The maximum atomic E-state index is 5.84. The van der Waals surface area contributed by atoms with E-state index < -0.39 is 0 Å². The molecule has 90 valence electrons. The van der Waals surface area contributed by atoms with Crippen LogP contribution in [-0.4, -0.2) is 6.61 Å². The number of aryl methyl sites for hydroxylation is 2. The lowest BCUT2D eigenvalue weighted by Crippen LogP contribution is -2.03. The minimum atomic E-state index is 0.711. The number of hydrogen-bond donors (Lipinski definition) is 1. The van der Waals surface area contributed by atoms with Crippen molar-refractivity contribution in [3.63, 3.8) is 0 Å². The smallest absolute Gasteiger partial charge is 0.125 e. The van der Waals surface area contributed by atoms with E-state index in [4.69, 9.17) is 10.5 Å². The van der Waals surface area contributed by atoms with Crippen LogP contribution in [0.4, 0.5) is 5.69 Å². The predicted molar refractivity (Wildman–Crippen MR) is 73.8 cm³/mol. The van der Waals surface area contributed by atoms with E-state index in [1.54, 1.807) is 11.3 Å². The molecule has 1 heterocycles. The average Bonchev–Trinajstić information content (AvgIpc) is 2.74. The summed E-state index contributed by atoms with van der Waals surface area (Å²) in [5.41, 5.74) is 10.1. The Bertz CT molecular complexity index is 468. The van der Waals surface area contributed by atoms with E-state index in [0.29, 0.717) is 6.61 Å². The van der Waals surface area contributed by atoms with Crippen molar-refractivity contribution in [3.8, 4) is 5.75 Å². The summed E-state index contributed by atoms with van der Waals surface area (Å²) in [5, 5.41) is 4.25. The molecule has 2 N–H and O–H groups in total. The van der Waals surface area contributed by atoms with Gasteiger partial charge in [-0.2, -0.15) is 11.3 Å². The highest BCUT2D eigenvalue weighted by molar-refractivity contribution is 7.07. The molecule has 0 aliphatic rings. The zero-order valence-corrected chi connectivity index (χ0v) is 11.0. The molecule has 1 aromatic heterocycles. The summed E-state index contributed by atoms with van der Waals surface area (Å²) in [6, 6.07) is 6.04. The molecule has 0 saturated carbocycles. The molecule has 0 spiro atoms. The highest BCUT2D eigenvalue weighted by Gasteiger charge is 2.05. The van der Waals surface area contributed by atoms with Gasteiger partial charge in [-0.05, 0) is 59.5 Å². The molecule has 0 atom stereocenters. The third-order valence-electron chi connectivity index (χ3n) is 2.70. The van der Waals surface area contributed by atoms with Gasteiger partial charge in [-0.3, -0.25) is 0 Å². The molecule has 0 aliphatic heterocycles. The highest BCUT2D eigenvalue weighted by atomic mass is 32.1. The molecule has 0 aliphatic carbocycles. The van der Waals surface area contributed by atoms with Gasteiger partial charge in [0.05, 0.1) is 6.61 Å². The monoisotopic (exact) mass is 247 g/mol. The van der Waals surface area contributed by atoms with Crippen molar-refractivity contribution < 1.29 is 4.74 Å². The lowest BCUT2D eigenvalue weighted by molar-refractivity contribution is 0.318. The quantitative estimate of drug-likeness (QED) is 0.838. The van der Waals surface area contributed by atoms with Crippen molar-refractivity contribution in [2.45, 2.75) is 20.3 Å². The van der Waals surface area contributed by atoms with E-state index in [1.807, 2.05) is 26.0 Å². The normalized spacial score (nSPS) is 10.5. The van der Waals surface area contributed by atoms with Crippen LogP contribution in [0.1, 0.15) is 16.7 Å². The number of benzene rings is 1. The molecule has 0 saturated heterocycles. The third kappa shape index (κ3) is 3.01. The van der Waals surface area contributed by atoms with E-state index in [2.05, 4.69) is 16.8 Å². The van der Waals surface area contributed by atoms with Gasteiger partial charge in [-0.1, -0.05) is 0 Å². The molecule has 0 radical (unpaired) electrons. The van der Waals surface area contributed by atoms with Crippen molar-refractivity contribution in [2.24, 2.45) is 0 Å². The summed E-state index contributed by atoms with van der Waals surface area (Å²) < 4.78 is 5.84. The van der Waals surface area contributed by atoms with E-state index in [9.17, 15) is 0 Å². The molecule has 0 amide bonds. The molecule has 17 heavy (non-hydrogen) atoms. The number of nitrogens with two attached hydrogens (primary N) is 1. The van der Waals surface area contributed by atoms with E-state index in [1.165, 1.54) is 5.56 Å². The molecular formula is C14H17NOS. The Balaban J connectivity index is 1.99. The Kier molecular flexibility index (Phi) is 3.69. The first-order valence-electron chi connectivity index (χ1n) is 5.67. The zero-order chi connectivity index (χ0) is 12.3. The second kappa shape index (κ2) is 5.23. The largest absolute Gasteiger partial charge is 0.493 e. The van der Waals surface area contributed by atoms with Gasteiger partial charge in [0.2, 0.25) is 0 Å². The van der Waals surface area contributed by atoms with Crippen LogP contribution >= 0.6 is 11.3 Å². The Hall–Kier alpha value is -1.48. The van der Waals surface area contributed by atoms with Crippen molar-refractivity contribution in [2.75, 3.05) is 12.3 Å². The fourth-order valence-electron chi connectivity index (χ4n) is 1.92. The second-order valence-electron chi connectivity index (χ2n) is 4.21. The highest BCUT2D eigenvalue weighted by Crippen LogP contribution is 2.25. The molecule has 0 unspecified atom stereocenters. The zero-order valence-electron chi connectivity index (χ0n) is 10.2. The summed E-state index contributed by atoms with van der Waals surface area (Å²) in [6.07, 6.45) is 0.951. The van der Waals surface area contributed by atoms with Crippen LogP contribution < -0.4 is 10.5 Å². The van der Waals surface area contributed by atoms with Crippen LogP contribution in [0.2, 0.25) is 0 Å². The lowest BCUT2D eigenvalue weighted by atomic mass is 10.1. The number of anilines is 1. The Morgan fingerprint density at radius 2 is 1.94 bits per heavy atom. The first-order valence-corrected chi connectivity index (χ1v) is 6.61. The van der Waals surface area contributed by atoms with Gasteiger partial charge in [0.15, 0.2) is 0 Å². The van der Waals surface area contributed by atoms with Crippen molar-refractivity contribution >= 4 is 17.0 Å². The first-order chi connectivity index (χ1) is 8.16. The summed E-state index contributed by atoms with van der Waals surface area (Å²) in [5.74, 6) is 0.967. The van der Waals surface area contributed by atoms with Crippen LogP contribution in [0, 0.1) is 13.8 Å². The molecule has 0 fully saturated rings. The molecular weight excluding hydrogens is 230 g/mol. The Morgan fingerprint density at radius 3 is 2.53 bits per heavy atom. The molecule has 0 bridgehead atoms. The standard InChI is InChI=1S/C14H17NOS/c1-10-7-13(15)8-11(2)14(10)16-5-3-12-4-6-17-9-12/h4,6-9H,3,5,15H2,1-2H3. The third-order valence-corrected chi connectivity index (χ3v) is 3.43. The van der Waals surface area contributed by atoms with Crippen LogP contribution in [0.5, 0.6) is 5.75 Å². The molecule has 2 aromatic rings. The average molecular weight is 247 g/mol. The molecule has 1 aromatic carbocycles. The maximum Gasteiger partial charge on any atom is 0.125 e. The summed E-state index contributed by atoms with van der Waals surface area (Å²) >= 11 is 1.72. The van der Waals surface area contributed by atoms with E-state index >= 15 is 0 Å². The fourth-order valence-corrected chi connectivity index (χ4v) is 2.62. The Labute approximate surface area is 106 Å². The number of thiophene rings is 1. The summed E-state index contributed by atoms with van der Waals surface area (Å²) in [4.78, 5) is 0. The van der Waals surface area contributed by atoms with Gasteiger partial charge in [0.25, 0.3) is 0 Å². The van der Waals surface area contributed by atoms with Gasteiger partial charge < -0.3 is 10.5 Å². The van der Waals surface area contributed by atoms with Gasteiger partial charge in [0, 0.05) is 12.1 Å². The van der Waals surface area contributed by atoms with Gasteiger partial charge in [0.1, 0.15) is 5.75 Å². The fraction of sp³-hybridized carbons (Fsp3) is 0.286. The van der Waals surface area contributed by atoms with Crippen molar-refractivity contribution in [1.29, 1.82) is 0 Å². The van der Waals surface area contributed by atoms with Gasteiger partial charge in [-0.15, -0.1) is 0 Å². The molecule has 2 rings (SSSR count). The van der Waals surface area contributed by atoms with Gasteiger partial charge >= 0.3 is 0 Å². The number of nitrogen functional groups attached to an aromatic ring is 1. The van der Waals surface area contributed by atoms with Crippen LogP contribution in [0.15, 0.2) is 29.0 Å². The number of ether oxygens (including phenoxy) is 1. The van der Waals surface area contributed by atoms with Crippen LogP contribution in [0.3, 0.4) is 0 Å². The van der Waals surface area contributed by atoms with Crippen LogP contribution in [-0.2, 0) is 6.42 Å². The second-order valence-corrected chi connectivity index (χ2v) is 4.99. The maximum absolute atomic E-state index is 5.84. The Morgan fingerprint density at radius 1 is 1.24 bits per heavy atom. The van der Waals surface area contributed by atoms with Gasteiger partial charge in [-0.25, -0.2) is 0 Å². The molecule has 3 heteroatoms. The predicted octanol–water partition coefficient (Wildman–Crippen LogP) is 3.57. The van der Waals surface area contributed by atoms with Crippen molar-refractivity contribution in [3.05, 3.63) is 45.6 Å². The summed E-state index contributed by atoms with van der Waals surface area (Å²) in [6.45, 7) is 4.77. The molecule has 2 nitrogen and oxygen atoms in total. The lowest BCUT2D eigenvalue weighted by Gasteiger charge is -2.12. The minimum absolute atomic E-state index is 0.711. The topological polar surface area (TPSA) is 35.2 Å². The van der Waals surface area contributed by atoms with Crippen molar-refractivity contribution in [1.82, 2.24) is 0 Å². The van der Waals surface area contributed by atoms with E-state index in [0.717, 1.165) is 29.0 Å². The summed E-state index contributed by atoms with van der Waals surface area (Å²) in [7, 11) is 0. The number of rotatable bonds is 4. The SMILES string of the molecule is Cc1cc(N)cc(C)c1OCCc1ccsc1. The van der Waals surface area contributed by atoms with E-state index in [-0.39, 0.29) is 0 Å². The minimum Gasteiger partial charge on any atom is -0.493 e. The first kappa shape index (κ1) is 12.0.